The zero-order valence-corrected chi connectivity index (χ0v) is 7.75. The SMILES string of the molecule is Nc1cc2ccsc2c(N)c1Cl. The maximum absolute atomic E-state index is 5.87. The van der Waals surface area contributed by atoms with Crippen molar-refractivity contribution in [1.82, 2.24) is 0 Å². The van der Waals surface area contributed by atoms with Crippen LogP contribution in [0, 0.1) is 0 Å². The van der Waals surface area contributed by atoms with Crippen molar-refractivity contribution in [3.8, 4) is 0 Å². The van der Waals surface area contributed by atoms with E-state index >= 15 is 0 Å². The van der Waals surface area contributed by atoms with Gasteiger partial charge in [-0.25, -0.2) is 0 Å². The Hall–Kier alpha value is -0.930. The van der Waals surface area contributed by atoms with Crippen molar-refractivity contribution in [3.05, 3.63) is 22.5 Å². The quantitative estimate of drug-likeness (QED) is 0.640. The lowest BCUT2D eigenvalue weighted by molar-refractivity contribution is 1.76. The van der Waals surface area contributed by atoms with Gasteiger partial charge in [0.05, 0.1) is 21.1 Å². The molecule has 1 heterocycles. The Kier molecular flexibility index (Phi) is 1.63. The van der Waals surface area contributed by atoms with Gasteiger partial charge in [-0.15, -0.1) is 11.3 Å². The first-order valence-corrected chi connectivity index (χ1v) is 4.66. The fourth-order valence-electron chi connectivity index (χ4n) is 1.14. The van der Waals surface area contributed by atoms with Crippen LogP contribution in [0.1, 0.15) is 0 Å². The first-order valence-electron chi connectivity index (χ1n) is 3.41. The molecule has 2 nitrogen and oxygen atoms in total. The Morgan fingerprint density at radius 1 is 1.33 bits per heavy atom. The number of hydrogen-bond donors (Lipinski definition) is 2. The van der Waals surface area contributed by atoms with E-state index in [9.17, 15) is 0 Å². The van der Waals surface area contributed by atoms with E-state index in [0.717, 1.165) is 10.1 Å². The summed E-state index contributed by atoms with van der Waals surface area (Å²) in [4.78, 5) is 0. The van der Waals surface area contributed by atoms with Crippen LogP contribution in [0.25, 0.3) is 10.1 Å². The summed E-state index contributed by atoms with van der Waals surface area (Å²) in [5.74, 6) is 0. The zero-order valence-electron chi connectivity index (χ0n) is 6.17. The standard InChI is InChI=1S/C8H7ClN2S/c9-6-5(10)3-4-1-2-12-8(4)7(6)11/h1-3H,10-11H2. The predicted octanol–water partition coefficient (Wildman–Crippen LogP) is 2.72. The molecule has 0 saturated heterocycles. The molecule has 2 rings (SSSR count). The average molecular weight is 199 g/mol. The highest BCUT2D eigenvalue weighted by Gasteiger charge is 2.07. The highest BCUT2D eigenvalue weighted by molar-refractivity contribution is 7.18. The molecule has 0 atom stereocenters. The number of halogens is 1. The molecule has 0 aliphatic rings. The average Bonchev–Trinajstić information content (AvgIpc) is 2.48. The number of anilines is 2. The first-order chi connectivity index (χ1) is 5.70. The second-order valence-corrected chi connectivity index (χ2v) is 3.83. The zero-order chi connectivity index (χ0) is 8.72. The number of nitrogens with two attached hydrogens (primary N) is 2. The van der Waals surface area contributed by atoms with Gasteiger partial charge in [0, 0.05) is 0 Å². The molecule has 0 bridgehead atoms. The number of rotatable bonds is 0. The number of fused-ring (bicyclic) bond motifs is 1. The van der Waals surface area contributed by atoms with Crippen LogP contribution in [0.2, 0.25) is 5.02 Å². The lowest BCUT2D eigenvalue weighted by atomic mass is 10.2. The van der Waals surface area contributed by atoms with E-state index in [1.54, 1.807) is 11.3 Å². The van der Waals surface area contributed by atoms with Crippen LogP contribution in [-0.4, -0.2) is 0 Å². The van der Waals surface area contributed by atoms with Gasteiger partial charge in [0.25, 0.3) is 0 Å². The van der Waals surface area contributed by atoms with Crippen LogP contribution in [-0.2, 0) is 0 Å². The molecular weight excluding hydrogens is 192 g/mol. The van der Waals surface area contributed by atoms with Gasteiger partial charge in [-0.3, -0.25) is 0 Å². The molecular formula is C8H7ClN2S. The topological polar surface area (TPSA) is 52.0 Å². The summed E-state index contributed by atoms with van der Waals surface area (Å²) in [6, 6.07) is 3.81. The summed E-state index contributed by atoms with van der Waals surface area (Å²) >= 11 is 7.44. The monoisotopic (exact) mass is 198 g/mol. The number of hydrogen-bond acceptors (Lipinski definition) is 3. The third-order valence-corrected chi connectivity index (χ3v) is 3.13. The van der Waals surface area contributed by atoms with Gasteiger partial charge in [-0.2, -0.15) is 0 Å². The van der Waals surface area contributed by atoms with Crippen molar-refractivity contribution in [2.45, 2.75) is 0 Å². The summed E-state index contributed by atoms with van der Waals surface area (Å²) in [5, 5.41) is 3.49. The minimum absolute atomic E-state index is 0.463. The molecule has 0 aliphatic carbocycles. The van der Waals surface area contributed by atoms with E-state index in [1.165, 1.54) is 0 Å². The van der Waals surface area contributed by atoms with Crippen LogP contribution in [0.5, 0.6) is 0 Å². The molecule has 4 heteroatoms. The second-order valence-electron chi connectivity index (χ2n) is 2.53. The van der Waals surface area contributed by atoms with Crippen molar-refractivity contribution in [3.63, 3.8) is 0 Å². The van der Waals surface area contributed by atoms with Crippen LogP contribution >= 0.6 is 22.9 Å². The van der Waals surface area contributed by atoms with E-state index in [1.807, 2.05) is 17.5 Å². The molecule has 12 heavy (non-hydrogen) atoms. The van der Waals surface area contributed by atoms with Crippen molar-refractivity contribution in [1.29, 1.82) is 0 Å². The number of thiophene rings is 1. The first kappa shape index (κ1) is 7.71. The molecule has 1 aromatic heterocycles. The maximum atomic E-state index is 5.87. The smallest absolute Gasteiger partial charge is 0.0879 e. The molecule has 0 fully saturated rings. The van der Waals surface area contributed by atoms with Crippen molar-refractivity contribution >= 4 is 44.4 Å². The van der Waals surface area contributed by atoms with E-state index in [2.05, 4.69) is 0 Å². The van der Waals surface area contributed by atoms with E-state index in [-0.39, 0.29) is 0 Å². The van der Waals surface area contributed by atoms with E-state index in [0.29, 0.717) is 16.4 Å². The maximum Gasteiger partial charge on any atom is 0.0879 e. The third kappa shape index (κ3) is 0.940. The van der Waals surface area contributed by atoms with Gasteiger partial charge in [0.15, 0.2) is 0 Å². The van der Waals surface area contributed by atoms with Gasteiger partial charge >= 0.3 is 0 Å². The molecule has 0 aliphatic heterocycles. The molecule has 0 unspecified atom stereocenters. The molecule has 4 N–H and O–H groups in total. The minimum atomic E-state index is 0.463. The predicted molar refractivity (Wildman–Crippen MR) is 55.7 cm³/mol. The summed E-state index contributed by atoms with van der Waals surface area (Å²) in [6.45, 7) is 0. The molecule has 0 amide bonds. The van der Waals surface area contributed by atoms with Crippen LogP contribution in [0.3, 0.4) is 0 Å². The highest BCUT2D eigenvalue weighted by Crippen LogP contribution is 2.36. The van der Waals surface area contributed by atoms with Gasteiger partial charge in [-0.1, -0.05) is 11.6 Å². The Labute approximate surface area is 78.7 Å². The summed E-state index contributed by atoms with van der Waals surface area (Å²) in [5.41, 5.74) is 12.5. The lowest BCUT2D eigenvalue weighted by Gasteiger charge is -2.02. The van der Waals surface area contributed by atoms with Crippen molar-refractivity contribution < 1.29 is 0 Å². The number of benzene rings is 1. The summed E-state index contributed by atoms with van der Waals surface area (Å²) in [7, 11) is 0. The van der Waals surface area contributed by atoms with E-state index in [4.69, 9.17) is 23.1 Å². The third-order valence-electron chi connectivity index (χ3n) is 1.74. The van der Waals surface area contributed by atoms with Gasteiger partial charge in [-0.05, 0) is 22.9 Å². The van der Waals surface area contributed by atoms with Crippen LogP contribution in [0.15, 0.2) is 17.5 Å². The van der Waals surface area contributed by atoms with Gasteiger partial charge in [0.1, 0.15) is 0 Å². The highest BCUT2D eigenvalue weighted by atomic mass is 35.5. The molecule has 0 saturated carbocycles. The number of nitrogen functional groups attached to an aromatic ring is 2. The molecule has 0 spiro atoms. The molecule has 1 aromatic carbocycles. The van der Waals surface area contributed by atoms with E-state index < -0.39 is 0 Å². The Balaban J connectivity index is 2.94. The minimum Gasteiger partial charge on any atom is -0.397 e. The summed E-state index contributed by atoms with van der Waals surface area (Å²) in [6.07, 6.45) is 0. The van der Waals surface area contributed by atoms with Crippen molar-refractivity contribution in [2.24, 2.45) is 0 Å². The van der Waals surface area contributed by atoms with Gasteiger partial charge < -0.3 is 11.5 Å². The van der Waals surface area contributed by atoms with Crippen LogP contribution < -0.4 is 11.5 Å². The lowest BCUT2D eigenvalue weighted by Crippen LogP contribution is -1.92. The second kappa shape index (κ2) is 2.54. The molecule has 2 aromatic rings. The van der Waals surface area contributed by atoms with Gasteiger partial charge in [0.2, 0.25) is 0 Å². The Morgan fingerprint density at radius 2 is 2.08 bits per heavy atom. The Bertz CT molecular complexity index is 436. The van der Waals surface area contributed by atoms with Crippen molar-refractivity contribution in [2.75, 3.05) is 11.5 Å². The molecule has 62 valence electrons. The summed E-state index contributed by atoms with van der Waals surface area (Å²) < 4.78 is 1.01. The Morgan fingerprint density at radius 3 is 2.83 bits per heavy atom. The normalized spacial score (nSPS) is 10.8. The molecule has 0 radical (unpaired) electrons. The fraction of sp³-hybridized carbons (Fsp3) is 0. The fourth-order valence-corrected chi connectivity index (χ4v) is 2.19. The van der Waals surface area contributed by atoms with Crippen LogP contribution in [0.4, 0.5) is 11.4 Å². The largest absolute Gasteiger partial charge is 0.397 e.